The van der Waals surface area contributed by atoms with Crippen molar-refractivity contribution in [2.24, 2.45) is 4.99 Å². The third-order valence-corrected chi connectivity index (χ3v) is 8.27. The van der Waals surface area contributed by atoms with Gasteiger partial charge in [-0.1, -0.05) is 113 Å². The number of amides is 3. The standard InChI is InChI=1S/C37H34BrN3O6S/c1-4-7-18-29(5-2)41-36(45)30(22-27-21-28(38)19-20-31(27)47-23-33(43)46-6-3)35(44)40-37(41)48-24-32(42)39-34(25-14-10-8-11-15-25)26-16-12-9-13-17-26/h4-5,7-22,34H,1,6,23-24H2,2-3H3,(H,39,42)/b18-7-,29-5+,30-22+. The lowest BCUT2D eigenvalue weighted by Crippen LogP contribution is -2.42. The second-order valence-electron chi connectivity index (χ2n) is 10.1. The van der Waals surface area contributed by atoms with Crippen LogP contribution in [0.2, 0.25) is 0 Å². The van der Waals surface area contributed by atoms with Crippen molar-refractivity contribution < 1.29 is 28.7 Å². The monoisotopic (exact) mass is 727 g/mol. The van der Waals surface area contributed by atoms with Gasteiger partial charge in [0, 0.05) is 15.7 Å². The van der Waals surface area contributed by atoms with E-state index in [-0.39, 0.29) is 41.4 Å². The summed E-state index contributed by atoms with van der Waals surface area (Å²) >= 11 is 4.38. The van der Waals surface area contributed by atoms with Gasteiger partial charge in [0.05, 0.1) is 18.4 Å². The number of benzene rings is 3. The zero-order chi connectivity index (χ0) is 34.5. The Morgan fingerprint density at radius 1 is 1.04 bits per heavy atom. The van der Waals surface area contributed by atoms with E-state index in [2.05, 4.69) is 32.8 Å². The predicted octanol–water partition coefficient (Wildman–Crippen LogP) is 6.78. The molecule has 3 aromatic rings. The number of hydrogen-bond donors (Lipinski definition) is 1. The lowest BCUT2D eigenvalue weighted by atomic mass is 9.99. The van der Waals surface area contributed by atoms with E-state index in [0.717, 1.165) is 22.9 Å². The van der Waals surface area contributed by atoms with Gasteiger partial charge in [0.25, 0.3) is 11.8 Å². The predicted molar refractivity (Wildman–Crippen MR) is 192 cm³/mol. The number of thioether (sulfide) groups is 1. The number of esters is 1. The van der Waals surface area contributed by atoms with Crippen LogP contribution in [0, 0.1) is 0 Å². The summed E-state index contributed by atoms with van der Waals surface area (Å²) in [6.45, 7) is 6.98. The van der Waals surface area contributed by atoms with Gasteiger partial charge in [-0.25, -0.2) is 4.79 Å². The average molecular weight is 729 g/mol. The van der Waals surface area contributed by atoms with Crippen molar-refractivity contribution in [3.05, 3.63) is 142 Å². The van der Waals surface area contributed by atoms with Crippen molar-refractivity contribution in [3.63, 3.8) is 0 Å². The number of aliphatic imine (C=N–C) groups is 1. The van der Waals surface area contributed by atoms with Crippen LogP contribution in [0.3, 0.4) is 0 Å². The number of allylic oxidation sites excluding steroid dienone is 4. The number of halogens is 1. The third-order valence-electron chi connectivity index (χ3n) is 6.84. The lowest BCUT2D eigenvalue weighted by Gasteiger charge is -2.28. The molecule has 0 saturated carbocycles. The largest absolute Gasteiger partial charge is 0.481 e. The molecule has 0 fully saturated rings. The molecule has 0 unspecified atom stereocenters. The van der Waals surface area contributed by atoms with Gasteiger partial charge in [0.2, 0.25) is 5.91 Å². The quantitative estimate of drug-likeness (QED) is 0.0893. The number of carbonyl (C=O) groups is 4. The van der Waals surface area contributed by atoms with Crippen molar-refractivity contribution in [3.8, 4) is 5.75 Å². The maximum atomic E-state index is 14.1. The number of nitrogens with one attached hydrogen (secondary N) is 1. The molecule has 1 aliphatic heterocycles. The molecule has 0 atom stereocenters. The summed E-state index contributed by atoms with van der Waals surface area (Å²) in [5.41, 5.74) is 2.37. The van der Waals surface area contributed by atoms with Gasteiger partial charge in [-0.2, -0.15) is 4.99 Å². The average Bonchev–Trinajstić information content (AvgIpc) is 3.09. The second kappa shape index (κ2) is 17.8. The molecule has 9 nitrogen and oxygen atoms in total. The number of carbonyl (C=O) groups excluding carboxylic acids is 4. The van der Waals surface area contributed by atoms with Crippen LogP contribution in [0.4, 0.5) is 0 Å². The van der Waals surface area contributed by atoms with Crippen molar-refractivity contribution >= 4 is 62.6 Å². The molecule has 1 heterocycles. The van der Waals surface area contributed by atoms with Crippen LogP contribution in [0.25, 0.3) is 6.08 Å². The first kappa shape index (κ1) is 35.8. The Morgan fingerprint density at radius 2 is 1.71 bits per heavy atom. The van der Waals surface area contributed by atoms with E-state index in [1.165, 1.54) is 11.0 Å². The number of rotatable bonds is 13. The molecule has 1 N–H and O–H groups in total. The molecule has 0 radical (unpaired) electrons. The highest BCUT2D eigenvalue weighted by molar-refractivity contribution is 9.10. The Bertz CT molecular complexity index is 1750. The first-order valence-corrected chi connectivity index (χ1v) is 16.8. The van der Waals surface area contributed by atoms with Gasteiger partial charge >= 0.3 is 5.97 Å². The van der Waals surface area contributed by atoms with Crippen LogP contribution < -0.4 is 10.1 Å². The van der Waals surface area contributed by atoms with Gasteiger partial charge in [-0.3, -0.25) is 19.3 Å². The summed E-state index contributed by atoms with van der Waals surface area (Å²) in [7, 11) is 0. The van der Waals surface area contributed by atoms with Crippen molar-refractivity contribution in [2.75, 3.05) is 19.0 Å². The van der Waals surface area contributed by atoms with E-state index in [4.69, 9.17) is 9.47 Å². The van der Waals surface area contributed by atoms with E-state index in [1.807, 2.05) is 60.7 Å². The fourth-order valence-corrected chi connectivity index (χ4v) is 5.84. The summed E-state index contributed by atoms with van der Waals surface area (Å²) in [6, 6.07) is 23.7. The molecule has 0 bridgehead atoms. The number of ether oxygens (including phenoxy) is 2. The van der Waals surface area contributed by atoms with E-state index in [0.29, 0.717) is 15.7 Å². The first-order chi connectivity index (χ1) is 23.2. The summed E-state index contributed by atoms with van der Waals surface area (Å²) in [4.78, 5) is 58.3. The fourth-order valence-electron chi connectivity index (χ4n) is 4.65. The maximum Gasteiger partial charge on any atom is 0.344 e. The highest BCUT2D eigenvalue weighted by atomic mass is 79.9. The Labute approximate surface area is 292 Å². The van der Waals surface area contributed by atoms with Gasteiger partial charge in [-0.05, 0) is 55.3 Å². The smallest absolute Gasteiger partial charge is 0.344 e. The molecule has 0 aliphatic carbocycles. The Hall–Kier alpha value is -5.00. The first-order valence-electron chi connectivity index (χ1n) is 15.0. The molecule has 11 heteroatoms. The molecule has 0 saturated heterocycles. The highest BCUT2D eigenvalue weighted by Gasteiger charge is 2.35. The SMILES string of the molecule is C=C/C=C\C(=C/C)N1C(=O)/C(=C/c2cc(Br)ccc2OCC(=O)OCC)C(=O)N=C1SCC(=O)NC(c1ccccc1)c1ccccc1. The molecule has 48 heavy (non-hydrogen) atoms. The van der Waals surface area contributed by atoms with Crippen LogP contribution >= 0.6 is 27.7 Å². The summed E-state index contributed by atoms with van der Waals surface area (Å²) in [6.07, 6.45) is 7.92. The van der Waals surface area contributed by atoms with Gasteiger partial charge in [-0.15, -0.1) is 0 Å². The molecule has 0 spiro atoms. The molecule has 0 aromatic heterocycles. The maximum absolute atomic E-state index is 14.1. The highest BCUT2D eigenvalue weighted by Crippen LogP contribution is 2.30. The minimum atomic E-state index is -0.787. The zero-order valence-corrected chi connectivity index (χ0v) is 28.8. The van der Waals surface area contributed by atoms with Crippen LogP contribution in [-0.4, -0.2) is 52.7 Å². The van der Waals surface area contributed by atoms with Gasteiger partial charge in [0.15, 0.2) is 11.8 Å². The lowest BCUT2D eigenvalue weighted by molar-refractivity contribution is -0.145. The van der Waals surface area contributed by atoms with E-state index >= 15 is 0 Å². The summed E-state index contributed by atoms with van der Waals surface area (Å²) in [5, 5.41) is 3.12. The van der Waals surface area contributed by atoms with E-state index < -0.39 is 23.8 Å². The van der Waals surface area contributed by atoms with Gasteiger partial charge < -0.3 is 14.8 Å². The van der Waals surface area contributed by atoms with Crippen molar-refractivity contribution in [1.29, 1.82) is 0 Å². The minimum Gasteiger partial charge on any atom is -0.481 e. The van der Waals surface area contributed by atoms with Crippen LogP contribution in [0.15, 0.2) is 130 Å². The number of amidine groups is 1. The molecule has 1 aliphatic rings. The van der Waals surface area contributed by atoms with Crippen LogP contribution in [0.1, 0.15) is 36.6 Å². The fraction of sp³-hybridized carbons (Fsp3) is 0.162. The van der Waals surface area contributed by atoms with Crippen LogP contribution in [0.5, 0.6) is 5.75 Å². The summed E-state index contributed by atoms with van der Waals surface area (Å²) in [5.74, 6) is -2.17. The van der Waals surface area contributed by atoms with E-state index in [1.54, 1.807) is 56.4 Å². The molecule has 3 aromatic carbocycles. The third kappa shape index (κ3) is 9.52. The number of nitrogens with zero attached hydrogens (tertiary/aromatic N) is 2. The number of hydrogen-bond acceptors (Lipinski definition) is 7. The molecule has 3 amide bonds. The topological polar surface area (TPSA) is 114 Å². The Kier molecular flexibility index (Phi) is 13.3. The Balaban J connectivity index is 1.64. The zero-order valence-electron chi connectivity index (χ0n) is 26.4. The van der Waals surface area contributed by atoms with E-state index in [9.17, 15) is 19.2 Å². The summed E-state index contributed by atoms with van der Waals surface area (Å²) < 4.78 is 11.3. The minimum absolute atomic E-state index is 0.0445. The van der Waals surface area contributed by atoms with Gasteiger partial charge in [0.1, 0.15) is 11.3 Å². The van der Waals surface area contributed by atoms with Crippen molar-refractivity contribution in [2.45, 2.75) is 19.9 Å². The second-order valence-corrected chi connectivity index (χ2v) is 12.0. The molecular weight excluding hydrogens is 694 g/mol. The normalized spacial score (nSPS) is 14.3. The van der Waals surface area contributed by atoms with Crippen molar-refractivity contribution in [1.82, 2.24) is 10.2 Å². The Morgan fingerprint density at radius 3 is 2.31 bits per heavy atom. The molecule has 4 rings (SSSR count). The molecular formula is C37H34BrN3O6S. The molecule has 246 valence electrons. The van der Waals surface area contributed by atoms with Crippen LogP contribution in [-0.2, 0) is 23.9 Å².